The Morgan fingerprint density at radius 2 is 1.76 bits per heavy atom. The molecule has 1 aromatic carbocycles. The summed E-state index contributed by atoms with van der Waals surface area (Å²) in [7, 11) is 0. The average Bonchev–Trinajstić information content (AvgIpc) is 2.38. The monoisotopic (exact) mass is 228 g/mol. The Kier molecular flexibility index (Phi) is 3.43. The maximum absolute atomic E-state index is 12.1. The van der Waals surface area contributed by atoms with Gasteiger partial charge in [-0.05, 0) is 5.56 Å². The van der Waals surface area contributed by atoms with Crippen molar-refractivity contribution >= 4 is 0 Å². The molecule has 2 aromatic rings. The van der Waals surface area contributed by atoms with Crippen molar-refractivity contribution in [2.45, 2.75) is 26.7 Å². The summed E-state index contributed by atoms with van der Waals surface area (Å²) in [6.45, 7) is 3.99. The molecule has 0 aliphatic heterocycles. The van der Waals surface area contributed by atoms with Crippen LogP contribution in [-0.2, 0) is 12.8 Å². The highest BCUT2D eigenvalue weighted by molar-refractivity contribution is 5.65. The lowest BCUT2D eigenvalue weighted by Gasteiger charge is -2.08. The summed E-state index contributed by atoms with van der Waals surface area (Å²) in [6.07, 6.45) is 1.48. The Labute approximate surface area is 101 Å². The molecule has 0 amide bonds. The van der Waals surface area contributed by atoms with E-state index < -0.39 is 0 Å². The van der Waals surface area contributed by atoms with Crippen molar-refractivity contribution in [2.75, 3.05) is 0 Å². The molecule has 0 aliphatic carbocycles. The minimum atomic E-state index is 0.0520. The molecule has 88 valence electrons. The lowest BCUT2D eigenvalue weighted by Crippen LogP contribution is -2.08. The Bertz CT molecular complexity index is 553. The van der Waals surface area contributed by atoms with E-state index in [9.17, 15) is 4.79 Å². The molecule has 0 fully saturated rings. The van der Waals surface area contributed by atoms with Crippen LogP contribution >= 0.6 is 0 Å². The molecule has 2 rings (SSSR count). The van der Waals surface area contributed by atoms with E-state index in [0.29, 0.717) is 5.56 Å². The van der Waals surface area contributed by atoms with Gasteiger partial charge in [-0.15, -0.1) is 0 Å². The van der Waals surface area contributed by atoms with E-state index in [1.54, 1.807) is 6.07 Å². The van der Waals surface area contributed by atoms with Gasteiger partial charge < -0.3 is 4.42 Å². The molecular weight excluding hydrogens is 212 g/mol. The van der Waals surface area contributed by atoms with Gasteiger partial charge in [-0.1, -0.05) is 44.2 Å². The molecule has 0 aliphatic rings. The van der Waals surface area contributed by atoms with Crippen molar-refractivity contribution in [3.8, 4) is 11.1 Å². The van der Waals surface area contributed by atoms with Crippen LogP contribution in [0.4, 0.5) is 0 Å². The molecule has 0 saturated carbocycles. The fourth-order valence-corrected chi connectivity index (χ4v) is 1.93. The molecule has 0 N–H and O–H groups in total. The summed E-state index contributed by atoms with van der Waals surface area (Å²) >= 11 is 0. The fraction of sp³-hybridized carbons (Fsp3) is 0.267. The quantitative estimate of drug-likeness (QED) is 0.805. The van der Waals surface area contributed by atoms with E-state index >= 15 is 0 Å². The van der Waals surface area contributed by atoms with E-state index in [2.05, 4.69) is 0 Å². The molecule has 17 heavy (non-hydrogen) atoms. The highest BCUT2D eigenvalue weighted by Gasteiger charge is 2.11. The maximum Gasteiger partial charge on any atom is 0.193 e. The Hall–Kier alpha value is -1.83. The van der Waals surface area contributed by atoms with Crippen LogP contribution in [0.2, 0.25) is 0 Å². The van der Waals surface area contributed by atoms with E-state index in [4.69, 9.17) is 4.42 Å². The normalized spacial score (nSPS) is 10.5. The first kappa shape index (κ1) is 11.6. The van der Waals surface area contributed by atoms with Crippen molar-refractivity contribution in [2.24, 2.45) is 0 Å². The van der Waals surface area contributed by atoms with Crippen molar-refractivity contribution < 1.29 is 4.42 Å². The molecule has 0 bridgehead atoms. The van der Waals surface area contributed by atoms with Gasteiger partial charge in [-0.25, -0.2) is 0 Å². The second-order valence-corrected chi connectivity index (χ2v) is 3.95. The summed E-state index contributed by atoms with van der Waals surface area (Å²) in [5, 5.41) is 0. The number of aryl methyl sites for hydroxylation is 2. The first-order chi connectivity index (χ1) is 8.26. The van der Waals surface area contributed by atoms with Gasteiger partial charge in [0.15, 0.2) is 5.43 Å². The van der Waals surface area contributed by atoms with E-state index in [1.807, 2.05) is 44.2 Å². The summed E-state index contributed by atoms with van der Waals surface area (Å²) in [6, 6.07) is 11.3. The predicted octanol–water partition coefficient (Wildman–Crippen LogP) is 3.43. The van der Waals surface area contributed by atoms with Crippen molar-refractivity contribution in [1.82, 2.24) is 0 Å². The second kappa shape index (κ2) is 5.00. The molecule has 1 aromatic heterocycles. The van der Waals surface area contributed by atoms with Gasteiger partial charge in [0.05, 0.1) is 5.56 Å². The smallest absolute Gasteiger partial charge is 0.193 e. The minimum absolute atomic E-state index is 0.0520. The zero-order valence-corrected chi connectivity index (χ0v) is 10.2. The molecule has 0 saturated heterocycles. The van der Waals surface area contributed by atoms with Crippen LogP contribution < -0.4 is 5.43 Å². The summed E-state index contributed by atoms with van der Waals surface area (Å²) in [4.78, 5) is 12.1. The Balaban J connectivity index is 2.65. The molecule has 0 unspecified atom stereocenters. The van der Waals surface area contributed by atoms with Crippen molar-refractivity contribution in [3.63, 3.8) is 0 Å². The zero-order valence-electron chi connectivity index (χ0n) is 10.2. The molecular formula is C15H16O2. The van der Waals surface area contributed by atoms with Crippen molar-refractivity contribution in [3.05, 3.63) is 58.1 Å². The third-order valence-electron chi connectivity index (χ3n) is 2.80. The molecule has 0 atom stereocenters. The highest BCUT2D eigenvalue weighted by atomic mass is 16.3. The molecule has 2 heteroatoms. The van der Waals surface area contributed by atoms with Crippen molar-refractivity contribution in [1.29, 1.82) is 0 Å². The second-order valence-electron chi connectivity index (χ2n) is 3.95. The first-order valence-electron chi connectivity index (χ1n) is 5.97. The van der Waals surface area contributed by atoms with Crippen LogP contribution in [0.15, 0.2) is 45.6 Å². The fourth-order valence-electron chi connectivity index (χ4n) is 1.93. The number of hydrogen-bond acceptors (Lipinski definition) is 2. The van der Waals surface area contributed by atoms with Crippen LogP contribution in [0.1, 0.15) is 25.4 Å². The van der Waals surface area contributed by atoms with E-state index in [1.165, 1.54) is 0 Å². The van der Waals surface area contributed by atoms with Crippen LogP contribution in [0, 0.1) is 0 Å². The lowest BCUT2D eigenvalue weighted by molar-refractivity contribution is 0.456. The van der Waals surface area contributed by atoms with E-state index in [0.717, 1.165) is 29.9 Å². The van der Waals surface area contributed by atoms with Crippen LogP contribution in [0.5, 0.6) is 0 Å². The van der Waals surface area contributed by atoms with Gasteiger partial charge in [0.1, 0.15) is 11.5 Å². The van der Waals surface area contributed by atoms with Gasteiger partial charge in [0, 0.05) is 18.9 Å². The Morgan fingerprint density at radius 3 is 2.35 bits per heavy atom. The van der Waals surface area contributed by atoms with Gasteiger partial charge in [-0.3, -0.25) is 4.79 Å². The first-order valence-corrected chi connectivity index (χ1v) is 5.97. The number of rotatable bonds is 3. The van der Waals surface area contributed by atoms with Crippen LogP contribution in [0.3, 0.4) is 0 Å². The lowest BCUT2D eigenvalue weighted by atomic mass is 10.0. The number of hydrogen-bond donors (Lipinski definition) is 0. The molecule has 2 nitrogen and oxygen atoms in total. The van der Waals surface area contributed by atoms with E-state index in [-0.39, 0.29) is 5.43 Å². The molecule has 1 heterocycles. The minimum Gasteiger partial charge on any atom is -0.465 e. The summed E-state index contributed by atoms with van der Waals surface area (Å²) in [5.41, 5.74) is 1.68. The average molecular weight is 228 g/mol. The summed E-state index contributed by atoms with van der Waals surface area (Å²) < 4.78 is 5.74. The van der Waals surface area contributed by atoms with Gasteiger partial charge in [0.25, 0.3) is 0 Å². The van der Waals surface area contributed by atoms with Gasteiger partial charge >= 0.3 is 0 Å². The van der Waals surface area contributed by atoms with Gasteiger partial charge in [-0.2, -0.15) is 0 Å². The van der Waals surface area contributed by atoms with Crippen LogP contribution in [-0.4, -0.2) is 0 Å². The molecule has 0 spiro atoms. The Morgan fingerprint density at radius 1 is 1.06 bits per heavy atom. The zero-order chi connectivity index (χ0) is 12.3. The van der Waals surface area contributed by atoms with Crippen LogP contribution in [0.25, 0.3) is 11.1 Å². The SMILES string of the molecule is CCc1cc(=O)c(-c2ccccc2)c(CC)o1. The number of benzene rings is 1. The summed E-state index contributed by atoms with van der Waals surface area (Å²) in [5.74, 6) is 1.53. The predicted molar refractivity (Wildman–Crippen MR) is 69.2 cm³/mol. The molecule has 0 radical (unpaired) electrons. The standard InChI is InChI=1S/C15H16O2/c1-3-12-10-13(16)15(14(4-2)17-12)11-8-6-5-7-9-11/h5-10H,3-4H2,1-2H3. The topological polar surface area (TPSA) is 30.2 Å². The third-order valence-corrected chi connectivity index (χ3v) is 2.80. The highest BCUT2D eigenvalue weighted by Crippen LogP contribution is 2.21. The largest absolute Gasteiger partial charge is 0.465 e. The van der Waals surface area contributed by atoms with Gasteiger partial charge in [0.2, 0.25) is 0 Å². The maximum atomic E-state index is 12.1. The third kappa shape index (κ3) is 2.31.